The van der Waals surface area contributed by atoms with E-state index in [1.165, 1.54) is 7.11 Å². The van der Waals surface area contributed by atoms with Gasteiger partial charge >= 0.3 is 5.97 Å². The Morgan fingerprint density at radius 2 is 2.12 bits per heavy atom. The summed E-state index contributed by atoms with van der Waals surface area (Å²) < 4.78 is 6.70. The minimum Gasteiger partial charge on any atom is -0.494 e. The first-order valence-electron chi connectivity index (χ1n) is 8.19. The van der Waals surface area contributed by atoms with Crippen molar-refractivity contribution in [2.45, 2.75) is 32.7 Å². The number of carbonyl (C=O) groups is 1. The van der Waals surface area contributed by atoms with Gasteiger partial charge in [-0.25, -0.2) is 4.79 Å². The molecule has 136 valence electrons. The van der Waals surface area contributed by atoms with Gasteiger partial charge < -0.3 is 15.6 Å². The monoisotopic (exact) mass is 372 g/mol. The minimum atomic E-state index is -1.11. The number of fused-ring (bicyclic) bond motifs is 1. The van der Waals surface area contributed by atoms with Crippen molar-refractivity contribution >= 4 is 28.7 Å². The number of methoxy groups -OCH3 is 1. The number of aryl methyl sites for hydroxylation is 1. The zero-order valence-corrected chi connectivity index (χ0v) is 15.6. The molecule has 0 amide bonds. The van der Waals surface area contributed by atoms with E-state index in [9.17, 15) is 14.7 Å². The van der Waals surface area contributed by atoms with Crippen LogP contribution in [0.25, 0.3) is 0 Å². The van der Waals surface area contributed by atoms with E-state index in [0.29, 0.717) is 28.3 Å². The highest BCUT2D eigenvalue weighted by molar-refractivity contribution is 7.80. The average Bonchev–Trinajstić information content (AvgIpc) is 2.94. The predicted molar refractivity (Wildman–Crippen MR) is 103 cm³/mol. The van der Waals surface area contributed by atoms with E-state index in [4.69, 9.17) is 22.7 Å². The van der Waals surface area contributed by atoms with Crippen LogP contribution in [0.3, 0.4) is 0 Å². The Bertz CT molecular complexity index is 994. The van der Waals surface area contributed by atoms with E-state index in [0.717, 1.165) is 21.3 Å². The van der Waals surface area contributed by atoms with Gasteiger partial charge in [0.15, 0.2) is 0 Å². The Balaban J connectivity index is 2.26. The molecule has 6 nitrogen and oxygen atoms in total. The summed E-state index contributed by atoms with van der Waals surface area (Å²) in [4.78, 5) is 24.7. The topological polar surface area (TPSA) is 94.5 Å². The molecule has 0 saturated heterocycles. The van der Waals surface area contributed by atoms with E-state index in [1.807, 2.05) is 32.0 Å². The number of carboxylic acids is 1. The first-order valence-corrected chi connectivity index (χ1v) is 8.60. The van der Waals surface area contributed by atoms with Crippen LogP contribution in [0.2, 0.25) is 0 Å². The third-order valence-corrected chi connectivity index (χ3v) is 5.39. The van der Waals surface area contributed by atoms with Crippen LogP contribution in [-0.4, -0.2) is 27.6 Å². The zero-order chi connectivity index (χ0) is 19.2. The van der Waals surface area contributed by atoms with Crippen LogP contribution in [0, 0.1) is 13.8 Å². The van der Waals surface area contributed by atoms with Gasteiger partial charge in [0.25, 0.3) is 5.56 Å². The van der Waals surface area contributed by atoms with Gasteiger partial charge in [-0.1, -0.05) is 30.4 Å². The summed E-state index contributed by atoms with van der Waals surface area (Å²) in [5.41, 5.74) is 9.77. The van der Waals surface area contributed by atoms with Crippen molar-refractivity contribution in [3.8, 4) is 5.75 Å². The first-order chi connectivity index (χ1) is 12.3. The van der Waals surface area contributed by atoms with Crippen molar-refractivity contribution in [3.05, 3.63) is 56.5 Å². The van der Waals surface area contributed by atoms with Crippen molar-refractivity contribution in [2.24, 2.45) is 0 Å². The summed E-state index contributed by atoms with van der Waals surface area (Å²) in [5, 5.41) is 9.43. The van der Waals surface area contributed by atoms with Crippen LogP contribution in [0.4, 0.5) is 5.69 Å². The predicted octanol–water partition coefficient (Wildman–Crippen LogP) is 2.39. The Kier molecular flexibility index (Phi) is 4.58. The van der Waals surface area contributed by atoms with Gasteiger partial charge in [0.05, 0.1) is 7.11 Å². The Morgan fingerprint density at radius 1 is 1.42 bits per heavy atom. The van der Waals surface area contributed by atoms with E-state index >= 15 is 0 Å². The molecular weight excluding hydrogens is 352 g/mol. The number of aliphatic carboxylic acids is 1. The molecule has 0 saturated carbocycles. The summed E-state index contributed by atoms with van der Waals surface area (Å²) in [7, 11) is 1.48. The number of nitrogens with zero attached hydrogens (tertiary/aromatic N) is 1. The molecule has 7 heteroatoms. The quantitative estimate of drug-likeness (QED) is 0.801. The second-order valence-electron chi connectivity index (χ2n) is 6.47. The van der Waals surface area contributed by atoms with Crippen LogP contribution < -0.4 is 16.0 Å². The van der Waals surface area contributed by atoms with Gasteiger partial charge in [0, 0.05) is 23.3 Å². The number of hydrogen-bond acceptors (Lipinski definition) is 5. The van der Waals surface area contributed by atoms with Gasteiger partial charge in [-0.2, -0.15) is 0 Å². The third-order valence-electron chi connectivity index (χ3n) is 5.03. The number of hydrogen-bond donors (Lipinski definition) is 2. The number of anilines is 1. The number of rotatable bonds is 4. The first kappa shape index (κ1) is 18.1. The van der Waals surface area contributed by atoms with Crippen molar-refractivity contribution in [1.29, 1.82) is 0 Å². The van der Waals surface area contributed by atoms with Crippen molar-refractivity contribution in [1.82, 2.24) is 4.57 Å². The summed E-state index contributed by atoms with van der Waals surface area (Å²) in [6, 6.07) is 4.90. The second-order valence-corrected chi connectivity index (χ2v) is 6.96. The lowest BCUT2D eigenvalue weighted by atomic mass is 9.96. The maximum Gasteiger partial charge on any atom is 0.327 e. The highest BCUT2D eigenvalue weighted by Crippen LogP contribution is 2.37. The van der Waals surface area contributed by atoms with E-state index < -0.39 is 17.6 Å². The van der Waals surface area contributed by atoms with Crippen molar-refractivity contribution < 1.29 is 14.6 Å². The normalized spacial score (nSPS) is 15.8. The summed E-state index contributed by atoms with van der Waals surface area (Å²) in [6.45, 7) is 4.03. The average molecular weight is 372 g/mol. The summed E-state index contributed by atoms with van der Waals surface area (Å²) in [6.07, 6.45) is 0.495. The Morgan fingerprint density at radius 3 is 2.73 bits per heavy atom. The van der Waals surface area contributed by atoms with E-state index in [-0.39, 0.29) is 12.1 Å². The fourth-order valence-electron chi connectivity index (χ4n) is 3.44. The van der Waals surface area contributed by atoms with Crippen LogP contribution in [0.1, 0.15) is 40.4 Å². The van der Waals surface area contributed by atoms with Crippen molar-refractivity contribution in [2.75, 3.05) is 12.8 Å². The molecule has 0 radical (unpaired) electrons. The number of thiocarbonyl (C=S) groups is 1. The van der Waals surface area contributed by atoms with Gasteiger partial charge in [0.2, 0.25) is 0 Å². The standard InChI is InChI=1S/C19H20N2O4S/c1-9-5-4-6-11(10(9)2)7-12-15(20)18(22)21-13(19(23)24)8-14(26)16(21)17(12)25-3/h4-6,13H,7-8,20H2,1-3H3,(H,23,24)/t13-/m1/s1. The second kappa shape index (κ2) is 6.57. The minimum absolute atomic E-state index is 0.00227. The lowest BCUT2D eigenvalue weighted by Gasteiger charge is -2.19. The lowest BCUT2D eigenvalue weighted by molar-refractivity contribution is -0.140. The highest BCUT2D eigenvalue weighted by Gasteiger charge is 2.37. The number of nitrogens with two attached hydrogens (primary N) is 1. The SMILES string of the molecule is COc1c(Cc2cccc(C)c2C)c(N)c(=O)n2c1C(=S)C[C@@H]2C(=O)O. The molecule has 0 fully saturated rings. The molecule has 3 rings (SSSR count). The number of benzene rings is 1. The molecule has 1 aliphatic heterocycles. The highest BCUT2D eigenvalue weighted by atomic mass is 32.1. The lowest BCUT2D eigenvalue weighted by Crippen LogP contribution is -2.31. The van der Waals surface area contributed by atoms with E-state index in [1.54, 1.807) is 0 Å². The van der Waals surface area contributed by atoms with Crippen LogP contribution >= 0.6 is 12.2 Å². The van der Waals surface area contributed by atoms with Gasteiger partial charge in [-0.15, -0.1) is 0 Å². The van der Waals surface area contributed by atoms with Gasteiger partial charge in [-0.3, -0.25) is 9.36 Å². The largest absolute Gasteiger partial charge is 0.494 e. The molecule has 3 N–H and O–H groups in total. The molecule has 1 aliphatic rings. The zero-order valence-electron chi connectivity index (χ0n) is 14.8. The molecule has 0 unspecified atom stereocenters. The number of nitrogen functional groups attached to an aromatic ring is 1. The molecule has 2 aromatic rings. The number of ether oxygens (including phenoxy) is 1. The smallest absolute Gasteiger partial charge is 0.327 e. The Hall–Kier alpha value is -2.67. The van der Waals surface area contributed by atoms with E-state index in [2.05, 4.69) is 0 Å². The van der Waals surface area contributed by atoms with Crippen LogP contribution in [0.5, 0.6) is 5.75 Å². The molecule has 2 heterocycles. The third kappa shape index (κ3) is 2.68. The molecule has 0 bridgehead atoms. The maximum absolute atomic E-state index is 12.8. The Labute approximate surface area is 156 Å². The molecule has 1 atom stereocenters. The number of aromatic nitrogens is 1. The van der Waals surface area contributed by atoms with Crippen LogP contribution in [0.15, 0.2) is 23.0 Å². The molecule has 0 aliphatic carbocycles. The van der Waals surface area contributed by atoms with Gasteiger partial charge in [0.1, 0.15) is 23.2 Å². The number of carboxylic acid groups (broad SMARTS) is 1. The molecule has 26 heavy (non-hydrogen) atoms. The fourth-order valence-corrected chi connectivity index (χ4v) is 3.79. The molecule has 0 spiro atoms. The van der Waals surface area contributed by atoms with Crippen molar-refractivity contribution in [3.63, 3.8) is 0 Å². The molecule has 1 aromatic carbocycles. The number of pyridine rings is 1. The molecular formula is C19H20N2O4S. The summed E-state index contributed by atoms with van der Waals surface area (Å²) in [5.74, 6) is -0.728. The fraction of sp³-hybridized carbons (Fsp3) is 0.316. The maximum atomic E-state index is 12.8. The van der Waals surface area contributed by atoms with Crippen LogP contribution in [-0.2, 0) is 11.2 Å². The molecule has 1 aromatic heterocycles. The summed E-state index contributed by atoms with van der Waals surface area (Å²) >= 11 is 5.35. The van der Waals surface area contributed by atoms with Gasteiger partial charge in [-0.05, 0) is 30.5 Å².